The zero-order chi connectivity index (χ0) is 14.0. The van der Waals surface area contributed by atoms with Crippen molar-refractivity contribution in [3.63, 3.8) is 0 Å². The van der Waals surface area contributed by atoms with Gasteiger partial charge in [-0.2, -0.15) is 5.26 Å². The fraction of sp³-hybridized carbons (Fsp3) is 0.429. The third kappa shape index (κ3) is 2.59. The second-order valence-electron chi connectivity index (χ2n) is 5.01. The maximum atomic E-state index is 12.3. The lowest BCUT2D eigenvalue weighted by Crippen LogP contribution is -2.45. The Morgan fingerprint density at radius 3 is 2.79 bits per heavy atom. The lowest BCUT2D eigenvalue weighted by molar-refractivity contribution is -0.128. The molecule has 4 nitrogen and oxygen atoms in total. The van der Waals surface area contributed by atoms with Gasteiger partial charge in [0.25, 0.3) is 0 Å². The highest BCUT2D eigenvalue weighted by atomic mass is 79.9. The van der Waals surface area contributed by atoms with E-state index < -0.39 is 5.41 Å². The van der Waals surface area contributed by atoms with Crippen molar-refractivity contribution in [3.05, 3.63) is 22.7 Å². The van der Waals surface area contributed by atoms with Gasteiger partial charge in [0.2, 0.25) is 5.91 Å². The molecule has 1 aromatic carbocycles. The molecule has 1 aliphatic rings. The topological polar surface area (TPSA) is 62.1 Å². The van der Waals surface area contributed by atoms with E-state index >= 15 is 0 Å². The van der Waals surface area contributed by atoms with E-state index in [1.165, 1.54) is 0 Å². The average Bonchev–Trinajstić information content (AvgIpc) is 2.35. The van der Waals surface area contributed by atoms with Crippen molar-refractivity contribution in [1.82, 2.24) is 0 Å². The van der Waals surface area contributed by atoms with E-state index in [0.29, 0.717) is 30.2 Å². The van der Waals surface area contributed by atoms with Gasteiger partial charge in [-0.25, -0.2) is 0 Å². The minimum absolute atomic E-state index is 0.246. The molecule has 1 aliphatic carbocycles. The highest BCUT2D eigenvalue weighted by Gasteiger charge is 2.49. The molecule has 5 heteroatoms. The van der Waals surface area contributed by atoms with Crippen LogP contribution in [0.5, 0.6) is 5.75 Å². The lowest BCUT2D eigenvalue weighted by Gasteiger charge is -2.39. The number of methoxy groups -OCH3 is 1. The van der Waals surface area contributed by atoms with Crippen LogP contribution in [0.1, 0.15) is 19.8 Å². The van der Waals surface area contributed by atoms with E-state index in [0.717, 1.165) is 4.47 Å². The van der Waals surface area contributed by atoms with Gasteiger partial charge in [0.1, 0.15) is 11.2 Å². The molecular weight excluding hydrogens is 308 g/mol. The van der Waals surface area contributed by atoms with Crippen molar-refractivity contribution in [2.24, 2.45) is 11.3 Å². The number of amides is 1. The Balaban J connectivity index is 2.20. The van der Waals surface area contributed by atoms with Crippen LogP contribution in [0.2, 0.25) is 0 Å². The van der Waals surface area contributed by atoms with Crippen molar-refractivity contribution in [2.75, 3.05) is 12.4 Å². The molecule has 1 fully saturated rings. The predicted molar refractivity (Wildman–Crippen MR) is 75.8 cm³/mol. The number of carbonyl (C=O) groups is 1. The maximum absolute atomic E-state index is 12.3. The number of nitrogens with zero attached hydrogens (tertiary/aromatic N) is 1. The number of anilines is 1. The van der Waals surface area contributed by atoms with Crippen molar-refractivity contribution in [2.45, 2.75) is 19.8 Å². The van der Waals surface area contributed by atoms with Crippen molar-refractivity contribution >= 4 is 27.5 Å². The highest BCUT2D eigenvalue weighted by molar-refractivity contribution is 9.10. The summed E-state index contributed by atoms with van der Waals surface area (Å²) in [7, 11) is 1.55. The van der Waals surface area contributed by atoms with E-state index in [1.807, 2.05) is 13.0 Å². The first kappa shape index (κ1) is 13.9. The van der Waals surface area contributed by atoms with Gasteiger partial charge in [-0.1, -0.05) is 22.9 Å². The Morgan fingerprint density at radius 2 is 2.26 bits per heavy atom. The molecule has 2 rings (SSSR count). The Kier molecular flexibility index (Phi) is 3.81. The summed E-state index contributed by atoms with van der Waals surface area (Å²) in [4.78, 5) is 12.3. The summed E-state index contributed by atoms with van der Waals surface area (Å²) in [6.07, 6.45) is 1.23. The summed E-state index contributed by atoms with van der Waals surface area (Å²) in [6, 6.07) is 7.52. The number of rotatable bonds is 3. The van der Waals surface area contributed by atoms with E-state index in [4.69, 9.17) is 4.74 Å². The van der Waals surface area contributed by atoms with E-state index in [2.05, 4.69) is 27.3 Å². The van der Waals surface area contributed by atoms with Crippen LogP contribution in [0.15, 0.2) is 22.7 Å². The summed E-state index contributed by atoms with van der Waals surface area (Å²) in [5.74, 6) is 0.760. The lowest BCUT2D eigenvalue weighted by atomic mass is 9.63. The van der Waals surface area contributed by atoms with Crippen LogP contribution < -0.4 is 10.1 Å². The van der Waals surface area contributed by atoms with Crippen LogP contribution in [0.3, 0.4) is 0 Å². The SMILES string of the molecule is COc1ccc(Br)cc1NC(=O)C1(C#N)CC(C)C1. The first-order valence-electron chi connectivity index (χ1n) is 6.07. The van der Waals surface area contributed by atoms with E-state index in [1.54, 1.807) is 19.2 Å². The molecule has 0 heterocycles. The molecule has 1 N–H and O–H groups in total. The molecule has 0 saturated heterocycles. The van der Waals surface area contributed by atoms with Crippen molar-refractivity contribution < 1.29 is 9.53 Å². The fourth-order valence-corrected chi connectivity index (χ4v) is 2.84. The first-order valence-corrected chi connectivity index (χ1v) is 6.86. The summed E-state index contributed by atoms with van der Waals surface area (Å²) in [6.45, 7) is 2.04. The van der Waals surface area contributed by atoms with Crippen LogP contribution in [0.4, 0.5) is 5.69 Å². The van der Waals surface area contributed by atoms with E-state index in [9.17, 15) is 10.1 Å². The number of hydrogen-bond acceptors (Lipinski definition) is 3. The van der Waals surface area contributed by atoms with Crippen LogP contribution in [0, 0.1) is 22.7 Å². The summed E-state index contributed by atoms with van der Waals surface area (Å²) < 4.78 is 6.05. The van der Waals surface area contributed by atoms with Crippen LogP contribution in [-0.2, 0) is 4.79 Å². The molecule has 1 saturated carbocycles. The van der Waals surface area contributed by atoms with Crippen molar-refractivity contribution in [1.29, 1.82) is 5.26 Å². The standard InChI is InChI=1S/C14H15BrN2O2/c1-9-6-14(7-9,8-16)13(18)17-11-5-10(15)3-4-12(11)19-2/h3-5,9H,6-7H2,1-2H3,(H,17,18). The Bertz CT molecular complexity index is 545. The molecule has 19 heavy (non-hydrogen) atoms. The summed E-state index contributed by atoms with van der Waals surface area (Å²) >= 11 is 3.35. The molecule has 0 aliphatic heterocycles. The van der Waals surface area contributed by atoms with E-state index in [-0.39, 0.29) is 5.91 Å². The number of ether oxygens (including phenoxy) is 1. The Morgan fingerprint density at radius 1 is 1.58 bits per heavy atom. The molecule has 1 aromatic rings. The highest BCUT2D eigenvalue weighted by Crippen LogP contribution is 2.46. The zero-order valence-corrected chi connectivity index (χ0v) is 12.5. The summed E-state index contributed by atoms with van der Waals surface area (Å²) in [5.41, 5.74) is -0.303. The van der Waals surface area contributed by atoms with Gasteiger partial charge >= 0.3 is 0 Å². The molecule has 0 aromatic heterocycles. The molecule has 100 valence electrons. The number of nitrogens with one attached hydrogen (secondary N) is 1. The summed E-state index contributed by atoms with van der Waals surface area (Å²) in [5, 5.41) is 12.0. The zero-order valence-electron chi connectivity index (χ0n) is 10.9. The molecule has 0 spiro atoms. The smallest absolute Gasteiger partial charge is 0.244 e. The molecule has 1 amide bonds. The van der Waals surface area contributed by atoms with Gasteiger partial charge in [0.15, 0.2) is 0 Å². The normalized spacial score (nSPS) is 25.1. The second-order valence-corrected chi connectivity index (χ2v) is 5.92. The largest absolute Gasteiger partial charge is 0.495 e. The third-order valence-electron chi connectivity index (χ3n) is 3.45. The van der Waals surface area contributed by atoms with Crippen LogP contribution in [0.25, 0.3) is 0 Å². The average molecular weight is 323 g/mol. The van der Waals surface area contributed by atoms with Crippen molar-refractivity contribution in [3.8, 4) is 11.8 Å². The number of nitriles is 1. The Labute approximate surface area is 120 Å². The molecule has 0 unspecified atom stereocenters. The second kappa shape index (κ2) is 5.22. The van der Waals surface area contributed by atoms with Gasteiger partial charge in [0.05, 0.1) is 18.9 Å². The van der Waals surface area contributed by atoms with Crippen LogP contribution >= 0.6 is 15.9 Å². The minimum Gasteiger partial charge on any atom is -0.495 e. The number of hydrogen-bond donors (Lipinski definition) is 1. The number of benzene rings is 1. The first-order chi connectivity index (χ1) is 9.00. The Hall–Kier alpha value is -1.54. The van der Waals surface area contributed by atoms with Gasteiger partial charge in [0, 0.05) is 4.47 Å². The van der Waals surface area contributed by atoms with Crippen LogP contribution in [-0.4, -0.2) is 13.0 Å². The minimum atomic E-state index is -0.882. The molecule has 0 bridgehead atoms. The van der Waals surface area contributed by atoms with Gasteiger partial charge < -0.3 is 10.1 Å². The van der Waals surface area contributed by atoms with Gasteiger partial charge in [-0.05, 0) is 37.0 Å². The fourth-order valence-electron chi connectivity index (χ4n) is 2.48. The quantitative estimate of drug-likeness (QED) is 0.928. The van der Waals surface area contributed by atoms with Gasteiger partial charge in [-0.3, -0.25) is 4.79 Å². The number of halogens is 1. The molecular formula is C14H15BrN2O2. The monoisotopic (exact) mass is 322 g/mol. The number of carbonyl (C=O) groups excluding carboxylic acids is 1. The van der Waals surface area contributed by atoms with Gasteiger partial charge in [-0.15, -0.1) is 0 Å². The molecule has 0 atom stereocenters. The molecule has 0 radical (unpaired) electrons. The third-order valence-corrected chi connectivity index (χ3v) is 3.95. The maximum Gasteiger partial charge on any atom is 0.244 e. The predicted octanol–water partition coefficient (Wildman–Crippen LogP) is 3.34.